The largest absolute Gasteiger partial charge is 0.310 e. The van der Waals surface area contributed by atoms with E-state index >= 15 is 0 Å². The quantitative estimate of drug-likeness (QED) is 0.260. The first-order chi connectivity index (χ1) is 19.5. The van der Waals surface area contributed by atoms with E-state index in [1.54, 1.807) is 47.4 Å². The molecule has 202 valence electrons. The summed E-state index contributed by atoms with van der Waals surface area (Å²) in [6.45, 7) is 0.777. The summed E-state index contributed by atoms with van der Waals surface area (Å²) in [7, 11) is -3.90. The third-order valence-corrected chi connectivity index (χ3v) is 9.08. The summed E-state index contributed by atoms with van der Waals surface area (Å²) in [6, 6.07) is 33.4. The molecular formula is C33H31N3O3S. The van der Waals surface area contributed by atoms with Crippen LogP contribution in [0.15, 0.2) is 108 Å². The second-order valence-electron chi connectivity index (χ2n) is 9.87. The molecule has 40 heavy (non-hydrogen) atoms. The maximum absolute atomic E-state index is 14.1. The maximum Gasteiger partial charge on any atom is 0.264 e. The molecule has 0 unspecified atom stereocenters. The number of hydrogen-bond donors (Lipinski definition) is 0. The Kier molecular flexibility index (Phi) is 8.28. The van der Waals surface area contributed by atoms with E-state index in [9.17, 15) is 13.2 Å². The number of nitrogens with zero attached hydrogens (tertiary/aromatic N) is 3. The number of hydrogen-bond acceptors (Lipinski definition) is 4. The zero-order chi connectivity index (χ0) is 28.0. The number of anilines is 2. The molecule has 1 amide bonds. The topological polar surface area (TPSA) is 81.5 Å². The van der Waals surface area contributed by atoms with Crippen molar-refractivity contribution in [3.8, 4) is 6.07 Å². The van der Waals surface area contributed by atoms with Gasteiger partial charge in [0, 0.05) is 19.5 Å². The van der Waals surface area contributed by atoms with Crippen molar-refractivity contribution in [3.63, 3.8) is 0 Å². The average Bonchev–Trinajstić information content (AvgIpc) is 3.01. The number of para-hydroxylation sites is 1. The highest BCUT2D eigenvalue weighted by Crippen LogP contribution is 2.39. The Balaban J connectivity index is 1.49. The molecule has 0 atom stereocenters. The van der Waals surface area contributed by atoms with E-state index in [1.807, 2.05) is 60.7 Å². The molecule has 0 radical (unpaired) electrons. The molecule has 1 heterocycles. The highest BCUT2D eigenvalue weighted by atomic mass is 32.2. The molecular weight excluding hydrogens is 518 g/mol. The van der Waals surface area contributed by atoms with E-state index in [1.165, 1.54) is 4.31 Å². The first-order valence-corrected chi connectivity index (χ1v) is 14.9. The second-order valence-corrected chi connectivity index (χ2v) is 11.7. The van der Waals surface area contributed by atoms with Crippen molar-refractivity contribution in [2.24, 2.45) is 0 Å². The number of benzene rings is 4. The van der Waals surface area contributed by atoms with E-state index in [0.29, 0.717) is 36.3 Å². The number of aryl methyl sites for hydroxylation is 2. The molecule has 7 heteroatoms. The first-order valence-electron chi connectivity index (χ1n) is 13.5. The third-order valence-electron chi connectivity index (χ3n) is 7.25. The lowest BCUT2D eigenvalue weighted by molar-refractivity contribution is -0.118. The smallest absolute Gasteiger partial charge is 0.264 e. The van der Waals surface area contributed by atoms with Crippen LogP contribution < -0.4 is 9.21 Å². The lowest BCUT2D eigenvalue weighted by Gasteiger charge is -2.35. The van der Waals surface area contributed by atoms with Gasteiger partial charge < -0.3 is 4.90 Å². The highest BCUT2D eigenvalue weighted by molar-refractivity contribution is 7.92. The van der Waals surface area contributed by atoms with E-state index < -0.39 is 10.0 Å². The van der Waals surface area contributed by atoms with Crippen molar-refractivity contribution in [1.29, 1.82) is 5.26 Å². The fraction of sp³-hybridized carbons (Fsp3) is 0.212. The zero-order valence-corrected chi connectivity index (χ0v) is 23.1. The molecule has 4 aromatic rings. The van der Waals surface area contributed by atoms with Crippen LogP contribution in [-0.2, 0) is 34.1 Å². The van der Waals surface area contributed by atoms with Crippen LogP contribution in [0.3, 0.4) is 0 Å². The van der Waals surface area contributed by atoms with Crippen LogP contribution in [0.4, 0.5) is 11.4 Å². The van der Waals surface area contributed by atoms with E-state index in [0.717, 1.165) is 29.5 Å². The lowest BCUT2D eigenvalue weighted by atomic mass is 9.99. The van der Waals surface area contributed by atoms with E-state index in [2.05, 4.69) is 6.07 Å². The summed E-state index contributed by atoms with van der Waals surface area (Å²) < 4.78 is 29.6. The SMILES string of the molecule is N#Cc1ccc(CCC(=O)N2CCCc3cccc(N(CCc4ccccc4)S(=O)(=O)c4ccccc4)c32)cc1. The van der Waals surface area contributed by atoms with Crippen LogP contribution >= 0.6 is 0 Å². The van der Waals surface area contributed by atoms with Crippen molar-refractivity contribution in [1.82, 2.24) is 0 Å². The number of amides is 1. The lowest BCUT2D eigenvalue weighted by Crippen LogP contribution is -2.39. The molecule has 0 aromatic heterocycles. The van der Waals surface area contributed by atoms with Crippen molar-refractivity contribution < 1.29 is 13.2 Å². The molecule has 0 spiro atoms. The van der Waals surface area contributed by atoms with Gasteiger partial charge in [0.2, 0.25) is 5.91 Å². The molecule has 0 bridgehead atoms. The maximum atomic E-state index is 14.1. The van der Waals surface area contributed by atoms with Gasteiger partial charge in [-0.2, -0.15) is 5.26 Å². The average molecular weight is 550 g/mol. The number of rotatable bonds is 9. The van der Waals surface area contributed by atoms with Gasteiger partial charge in [-0.1, -0.05) is 72.8 Å². The molecule has 0 fully saturated rings. The molecule has 0 saturated heterocycles. The predicted octanol–water partition coefficient (Wildman–Crippen LogP) is 5.91. The Hall–Kier alpha value is -4.41. The summed E-state index contributed by atoms with van der Waals surface area (Å²) in [5.41, 5.74) is 4.79. The molecule has 6 nitrogen and oxygen atoms in total. The number of carbonyl (C=O) groups excluding carboxylic acids is 1. The second kappa shape index (κ2) is 12.2. The van der Waals surface area contributed by atoms with Crippen molar-refractivity contribution in [3.05, 3.63) is 125 Å². The number of carbonyl (C=O) groups is 1. The monoisotopic (exact) mass is 549 g/mol. The molecule has 4 aromatic carbocycles. The standard InChI is InChI=1S/C33H31N3O3S/c34-25-28-18-16-27(17-19-28)20-21-32(37)35-23-8-12-29-11-7-15-31(33(29)35)36(24-22-26-9-3-1-4-10-26)40(38,39)30-13-5-2-6-14-30/h1-7,9-11,13-19H,8,12,20-24H2. The van der Waals surface area contributed by atoms with Crippen molar-refractivity contribution >= 4 is 27.3 Å². The number of nitriles is 1. The van der Waals surface area contributed by atoms with Gasteiger partial charge in [0.25, 0.3) is 10.0 Å². The molecule has 0 N–H and O–H groups in total. The highest BCUT2D eigenvalue weighted by Gasteiger charge is 2.32. The Labute approximate surface area is 236 Å². The van der Waals surface area contributed by atoms with Gasteiger partial charge in [-0.3, -0.25) is 9.10 Å². The molecule has 1 aliphatic rings. The van der Waals surface area contributed by atoms with Crippen molar-refractivity contribution in [2.75, 3.05) is 22.3 Å². The minimum Gasteiger partial charge on any atom is -0.310 e. The summed E-state index contributed by atoms with van der Waals surface area (Å²) in [6.07, 6.45) is 2.95. The zero-order valence-electron chi connectivity index (χ0n) is 22.2. The fourth-order valence-electron chi connectivity index (χ4n) is 5.18. The minimum atomic E-state index is -3.90. The number of fused-ring (bicyclic) bond motifs is 1. The van der Waals surface area contributed by atoms with Gasteiger partial charge in [0.15, 0.2) is 0 Å². The van der Waals surface area contributed by atoms with Gasteiger partial charge >= 0.3 is 0 Å². The Morgan fingerprint density at radius 2 is 1.50 bits per heavy atom. The van der Waals surface area contributed by atoms with Crippen LogP contribution in [0.1, 0.15) is 35.1 Å². The van der Waals surface area contributed by atoms with Crippen LogP contribution in [0.2, 0.25) is 0 Å². The first kappa shape index (κ1) is 27.2. The Morgan fingerprint density at radius 3 is 2.20 bits per heavy atom. The van der Waals surface area contributed by atoms with E-state index in [-0.39, 0.29) is 23.8 Å². The van der Waals surface area contributed by atoms with Gasteiger partial charge in [0.05, 0.1) is 27.9 Å². The summed E-state index contributed by atoms with van der Waals surface area (Å²) in [4.78, 5) is 15.6. The summed E-state index contributed by atoms with van der Waals surface area (Å²) in [5.74, 6) is -0.0436. The molecule has 0 saturated carbocycles. The van der Waals surface area contributed by atoms with Crippen LogP contribution in [0.25, 0.3) is 0 Å². The van der Waals surface area contributed by atoms with Gasteiger partial charge in [-0.05, 0) is 72.7 Å². The van der Waals surface area contributed by atoms with Gasteiger partial charge in [0.1, 0.15) is 0 Å². The predicted molar refractivity (Wildman–Crippen MR) is 158 cm³/mol. The van der Waals surface area contributed by atoms with Crippen LogP contribution in [-0.4, -0.2) is 27.4 Å². The Morgan fingerprint density at radius 1 is 0.825 bits per heavy atom. The van der Waals surface area contributed by atoms with Crippen LogP contribution in [0.5, 0.6) is 0 Å². The van der Waals surface area contributed by atoms with Crippen LogP contribution in [0, 0.1) is 11.3 Å². The molecule has 5 rings (SSSR count). The molecule has 0 aliphatic carbocycles. The normalized spacial score (nSPS) is 12.8. The summed E-state index contributed by atoms with van der Waals surface area (Å²) in [5, 5.41) is 9.06. The number of sulfonamides is 1. The van der Waals surface area contributed by atoms with Crippen molar-refractivity contribution in [2.45, 2.75) is 37.0 Å². The van der Waals surface area contributed by atoms with E-state index in [4.69, 9.17) is 5.26 Å². The fourth-order valence-corrected chi connectivity index (χ4v) is 6.67. The molecule has 1 aliphatic heterocycles. The Bertz CT molecular complexity index is 1610. The van der Waals surface area contributed by atoms with Gasteiger partial charge in [-0.15, -0.1) is 0 Å². The third kappa shape index (κ3) is 5.93. The van der Waals surface area contributed by atoms with Gasteiger partial charge in [-0.25, -0.2) is 8.42 Å². The summed E-state index contributed by atoms with van der Waals surface area (Å²) >= 11 is 0. The minimum absolute atomic E-state index is 0.0436.